The first-order chi connectivity index (χ1) is 18.7. The highest BCUT2D eigenvalue weighted by molar-refractivity contribution is 6.31. The molecule has 1 heterocycles. The van der Waals surface area contributed by atoms with E-state index in [2.05, 4.69) is 10.6 Å². The summed E-state index contributed by atoms with van der Waals surface area (Å²) >= 11 is 6.43. The number of carboxylic acid groups (broad SMARTS) is 1. The average Bonchev–Trinajstić information content (AvgIpc) is 3.39. The second-order valence-electron chi connectivity index (χ2n) is 9.60. The molecule has 0 radical (unpaired) electrons. The molecule has 0 fully saturated rings. The summed E-state index contributed by atoms with van der Waals surface area (Å²) in [5, 5.41) is 26.1. The number of carbonyl (C=O) groups is 2. The Hall–Kier alpha value is -3.98. The Morgan fingerprint density at radius 1 is 1.18 bits per heavy atom. The second kappa shape index (κ2) is 12.3. The maximum absolute atomic E-state index is 13.6. The Bertz CT molecular complexity index is 1430. The topological polar surface area (TPSA) is 130 Å². The molecular formula is C29H32ClN3O6. The molecule has 39 heavy (non-hydrogen) atoms. The van der Waals surface area contributed by atoms with Crippen LogP contribution >= 0.6 is 11.6 Å². The molecule has 2 amide bonds. The third-order valence-corrected chi connectivity index (χ3v) is 7.18. The number of carbonyl (C=O) groups excluding carboxylic acids is 1. The van der Waals surface area contributed by atoms with Crippen molar-refractivity contribution in [1.29, 1.82) is 0 Å². The van der Waals surface area contributed by atoms with Gasteiger partial charge in [-0.2, -0.15) is 0 Å². The van der Waals surface area contributed by atoms with Crippen molar-refractivity contribution in [2.24, 2.45) is 0 Å². The first-order valence-corrected chi connectivity index (χ1v) is 13.3. The second-order valence-corrected chi connectivity index (χ2v) is 10.0. The number of pyridine rings is 1. The van der Waals surface area contributed by atoms with E-state index < -0.39 is 30.0 Å². The molecule has 1 atom stereocenters. The van der Waals surface area contributed by atoms with Crippen LogP contribution in [0.4, 0.5) is 10.5 Å². The fraction of sp³-hybridized carbons (Fsp3) is 0.345. The number of aromatic nitrogens is 1. The third-order valence-electron chi connectivity index (χ3n) is 6.82. The maximum atomic E-state index is 13.6. The van der Waals surface area contributed by atoms with Gasteiger partial charge in [0.2, 0.25) is 0 Å². The quantitative estimate of drug-likeness (QED) is 0.274. The van der Waals surface area contributed by atoms with Crippen molar-refractivity contribution in [3.05, 3.63) is 85.8 Å². The van der Waals surface area contributed by atoms with Crippen LogP contribution in [0.15, 0.2) is 47.3 Å². The van der Waals surface area contributed by atoms with Crippen molar-refractivity contribution >= 4 is 29.3 Å². The van der Waals surface area contributed by atoms with Gasteiger partial charge in [-0.3, -0.25) is 9.59 Å². The van der Waals surface area contributed by atoms with Crippen LogP contribution in [-0.4, -0.2) is 33.4 Å². The summed E-state index contributed by atoms with van der Waals surface area (Å²) in [6.07, 6.45) is 2.35. The monoisotopic (exact) mass is 553 g/mol. The van der Waals surface area contributed by atoms with E-state index in [4.69, 9.17) is 16.3 Å². The lowest BCUT2D eigenvalue weighted by Crippen LogP contribution is -2.37. The standard InChI is InChI=1S/C29H32ClN3O6/c1-3-13-39-19-9-5-8-18(14-19)23(15-25(34)35)31-29(38)32-26-27(36)20-10-6-12-24(20)33(28(26)37)16-21-17(2)7-4-11-22(21)30/h4-5,7-9,11,14,23,36H,3,6,10,12-13,15-16H2,1-2H3,(H,34,35)(H2,31,32,38)/t23-/m0/s1. The van der Waals surface area contributed by atoms with E-state index in [-0.39, 0.29) is 18.0 Å². The fourth-order valence-corrected chi connectivity index (χ4v) is 5.15. The van der Waals surface area contributed by atoms with Crippen LogP contribution in [-0.2, 0) is 24.2 Å². The van der Waals surface area contributed by atoms with Gasteiger partial charge in [-0.1, -0.05) is 42.8 Å². The zero-order chi connectivity index (χ0) is 28.1. The molecule has 3 aromatic rings. The number of fused-ring (bicyclic) bond motifs is 1. The number of aliphatic carboxylic acids is 1. The van der Waals surface area contributed by atoms with Gasteiger partial charge in [-0.15, -0.1) is 0 Å². The Kier molecular flexibility index (Phi) is 8.81. The maximum Gasteiger partial charge on any atom is 0.319 e. The molecule has 4 rings (SSSR count). The number of anilines is 1. The van der Waals surface area contributed by atoms with Crippen molar-refractivity contribution in [2.45, 2.75) is 58.5 Å². The summed E-state index contributed by atoms with van der Waals surface area (Å²) in [6.45, 7) is 4.57. The number of ether oxygens (including phenoxy) is 1. The SMILES string of the molecule is CCCOc1cccc([C@H](CC(=O)O)NC(=O)Nc2c(O)c3c(n(Cc4c(C)cccc4Cl)c2=O)CCC3)c1. The van der Waals surface area contributed by atoms with Gasteiger partial charge in [0.25, 0.3) is 5.56 Å². The number of hydrogen-bond acceptors (Lipinski definition) is 5. The lowest BCUT2D eigenvalue weighted by atomic mass is 10.0. The molecule has 0 saturated carbocycles. The lowest BCUT2D eigenvalue weighted by molar-refractivity contribution is -0.137. The number of benzene rings is 2. The van der Waals surface area contributed by atoms with Gasteiger partial charge in [-0.25, -0.2) is 4.79 Å². The number of urea groups is 1. The first-order valence-electron chi connectivity index (χ1n) is 12.9. The number of nitrogens with one attached hydrogen (secondary N) is 2. The highest BCUT2D eigenvalue weighted by atomic mass is 35.5. The number of aromatic hydroxyl groups is 1. The minimum atomic E-state index is -1.11. The summed E-state index contributed by atoms with van der Waals surface area (Å²) < 4.78 is 7.19. The summed E-state index contributed by atoms with van der Waals surface area (Å²) in [7, 11) is 0. The fourth-order valence-electron chi connectivity index (χ4n) is 4.87. The molecule has 0 saturated heterocycles. The molecule has 9 nitrogen and oxygen atoms in total. The zero-order valence-electron chi connectivity index (χ0n) is 21.9. The van der Waals surface area contributed by atoms with Crippen LogP contribution in [0.5, 0.6) is 11.5 Å². The lowest BCUT2D eigenvalue weighted by Gasteiger charge is -2.21. The van der Waals surface area contributed by atoms with Gasteiger partial charge in [0.05, 0.1) is 25.6 Å². The van der Waals surface area contributed by atoms with Crippen molar-refractivity contribution in [2.75, 3.05) is 11.9 Å². The third kappa shape index (κ3) is 6.37. The van der Waals surface area contributed by atoms with Gasteiger partial charge in [0.15, 0.2) is 5.69 Å². The smallest absolute Gasteiger partial charge is 0.319 e. The van der Waals surface area contributed by atoms with E-state index in [0.717, 1.165) is 29.7 Å². The van der Waals surface area contributed by atoms with Crippen molar-refractivity contribution < 1.29 is 24.5 Å². The highest BCUT2D eigenvalue weighted by Gasteiger charge is 2.27. The van der Waals surface area contributed by atoms with Gasteiger partial charge in [0, 0.05) is 16.3 Å². The van der Waals surface area contributed by atoms with Gasteiger partial charge in [-0.05, 0) is 67.5 Å². The van der Waals surface area contributed by atoms with Crippen LogP contribution in [0, 0.1) is 6.92 Å². The summed E-state index contributed by atoms with van der Waals surface area (Å²) in [5.74, 6) is -0.821. The molecule has 4 N–H and O–H groups in total. The van der Waals surface area contributed by atoms with Crippen molar-refractivity contribution in [3.8, 4) is 11.5 Å². The normalized spacial score (nSPS) is 13.0. The number of halogens is 1. The van der Waals surface area contributed by atoms with Crippen molar-refractivity contribution in [1.82, 2.24) is 9.88 Å². The molecule has 2 aromatic carbocycles. The number of amides is 2. The minimum absolute atomic E-state index is 0.190. The molecular weight excluding hydrogens is 522 g/mol. The van der Waals surface area contributed by atoms with Crippen molar-refractivity contribution in [3.63, 3.8) is 0 Å². The number of nitrogens with zero attached hydrogens (tertiary/aromatic N) is 1. The number of rotatable bonds is 10. The molecule has 1 aliphatic carbocycles. The zero-order valence-corrected chi connectivity index (χ0v) is 22.7. The largest absolute Gasteiger partial charge is 0.505 e. The van der Waals surface area contributed by atoms with Gasteiger partial charge < -0.3 is 30.2 Å². The molecule has 0 bridgehead atoms. The molecule has 206 valence electrons. The van der Waals surface area contributed by atoms with Crippen LogP contribution in [0.3, 0.4) is 0 Å². The van der Waals surface area contributed by atoms with Gasteiger partial charge in [0.1, 0.15) is 11.5 Å². The molecule has 0 aliphatic heterocycles. The summed E-state index contributed by atoms with van der Waals surface area (Å²) in [5.41, 5.74) is 2.74. The Morgan fingerprint density at radius 2 is 1.95 bits per heavy atom. The Balaban J connectivity index is 1.64. The van der Waals surface area contributed by atoms with E-state index in [1.54, 1.807) is 34.9 Å². The van der Waals surface area contributed by atoms with Gasteiger partial charge >= 0.3 is 12.0 Å². The molecule has 10 heteroatoms. The van der Waals surface area contributed by atoms with Crippen LogP contribution in [0.1, 0.15) is 60.2 Å². The Labute approximate surface area is 231 Å². The molecule has 1 aliphatic rings. The highest BCUT2D eigenvalue weighted by Crippen LogP contribution is 2.34. The minimum Gasteiger partial charge on any atom is -0.505 e. The average molecular weight is 554 g/mol. The predicted molar refractivity (Wildman–Crippen MR) is 149 cm³/mol. The number of hydrogen-bond donors (Lipinski definition) is 4. The van der Waals surface area contributed by atoms with E-state index in [1.807, 2.05) is 26.0 Å². The Morgan fingerprint density at radius 3 is 2.67 bits per heavy atom. The van der Waals surface area contributed by atoms with E-state index in [9.17, 15) is 24.6 Å². The van der Waals surface area contributed by atoms with E-state index in [0.29, 0.717) is 41.3 Å². The predicted octanol–water partition coefficient (Wildman–Crippen LogP) is 5.18. The molecule has 0 spiro atoms. The summed E-state index contributed by atoms with van der Waals surface area (Å²) in [6, 6.07) is 10.6. The van der Waals surface area contributed by atoms with E-state index in [1.165, 1.54) is 0 Å². The van der Waals surface area contributed by atoms with Crippen LogP contribution in [0.25, 0.3) is 0 Å². The van der Waals surface area contributed by atoms with E-state index >= 15 is 0 Å². The molecule has 1 aromatic heterocycles. The number of carboxylic acids is 1. The summed E-state index contributed by atoms with van der Waals surface area (Å²) in [4.78, 5) is 38.3. The number of aryl methyl sites for hydroxylation is 1. The van der Waals surface area contributed by atoms with Crippen LogP contribution < -0.4 is 20.9 Å². The molecule has 0 unspecified atom stereocenters. The first kappa shape index (κ1) is 28.0. The van der Waals surface area contributed by atoms with Crippen LogP contribution in [0.2, 0.25) is 5.02 Å².